The molecule has 68 heavy (non-hydrogen) atoms. The molecule has 0 fully saturated rings. The third-order valence-electron chi connectivity index (χ3n) is 12.2. The molecular formula is C58H107O9P. The van der Waals surface area contributed by atoms with Gasteiger partial charge in [-0.1, -0.05) is 254 Å². The van der Waals surface area contributed by atoms with Crippen molar-refractivity contribution in [1.82, 2.24) is 0 Å². The highest BCUT2D eigenvalue weighted by Crippen LogP contribution is 2.43. The van der Waals surface area contributed by atoms with Crippen LogP contribution in [0.15, 0.2) is 60.8 Å². The molecule has 9 nitrogen and oxygen atoms in total. The maximum absolute atomic E-state index is 12.7. The number of aliphatic hydroxyl groups is 2. The average molecular weight is 979 g/mol. The lowest BCUT2D eigenvalue weighted by Gasteiger charge is -2.20. The van der Waals surface area contributed by atoms with Gasteiger partial charge in [0.15, 0.2) is 0 Å². The molecule has 0 heterocycles. The number of allylic oxidation sites excluding steroid dienone is 10. The van der Waals surface area contributed by atoms with Crippen LogP contribution in [0.25, 0.3) is 0 Å². The first kappa shape index (κ1) is 66.2. The Bertz CT molecular complexity index is 1250. The van der Waals surface area contributed by atoms with Crippen molar-refractivity contribution in [3.63, 3.8) is 0 Å². The average Bonchev–Trinajstić information content (AvgIpc) is 3.33. The fourth-order valence-corrected chi connectivity index (χ4v) is 8.76. The van der Waals surface area contributed by atoms with Crippen molar-refractivity contribution < 1.29 is 43.0 Å². The maximum Gasteiger partial charge on any atom is 0.472 e. The molecule has 0 bridgehead atoms. The van der Waals surface area contributed by atoms with Gasteiger partial charge in [-0.3, -0.25) is 13.8 Å². The van der Waals surface area contributed by atoms with E-state index in [1.54, 1.807) is 0 Å². The number of rotatable bonds is 54. The molecule has 0 aromatic rings. The van der Waals surface area contributed by atoms with E-state index < -0.39 is 39.2 Å². The van der Waals surface area contributed by atoms with Gasteiger partial charge in [0.2, 0.25) is 0 Å². The van der Waals surface area contributed by atoms with Gasteiger partial charge >= 0.3 is 13.8 Å². The van der Waals surface area contributed by atoms with Crippen molar-refractivity contribution >= 4 is 13.8 Å². The zero-order valence-electron chi connectivity index (χ0n) is 44.1. The zero-order valence-corrected chi connectivity index (χ0v) is 45.0. The predicted molar refractivity (Wildman–Crippen MR) is 288 cm³/mol. The third kappa shape index (κ3) is 53.5. The van der Waals surface area contributed by atoms with Crippen molar-refractivity contribution in [2.24, 2.45) is 0 Å². The van der Waals surface area contributed by atoms with Gasteiger partial charge < -0.3 is 24.6 Å². The number of carbonyl (C=O) groups is 1. The van der Waals surface area contributed by atoms with Crippen molar-refractivity contribution in [3.8, 4) is 0 Å². The standard InChI is InChI=1S/C58H107O9P/c1-3-5-7-9-11-13-15-17-19-21-23-25-27-29-31-33-35-37-39-41-43-45-47-49-51-64-54-57(55-66-68(62,63)65-53-56(60)52-59)67-58(61)50-48-46-44-42-40-38-36-34-32-30-28-26-24-22-20-18-16-14-12-10-8-6-4-2/h6,8,12,14,18,20,24,26,30,32,56-57,59-60H,3-5,7,9-11,13,15-17,19,21-23,25,27-29,31,33-55H2,1-2H3,(H,62,63)/b8-6-,14-12-,20-18-,26-24-,32-30-. The quantitative estimate of drug-likeness (QED) is 0.0236. The molecule has 0 aromatic carbocycles. The van der Waals surface area contributed by atoms with Gasteiger partial charge in [-0.2, -0.15) is 0 Å². The number of unbranched alkanes of at least 4 members (excludes halogenated alkanes) is 30. The molecule has 3 unspecified atom stereocenters. The van der Waals surface area contributed by atoms with E-state index in [1.807, 2.05) is 0 Å². The number of hydrogen-bond donors (Lipinski definition) is 3. The second-order valence-electron chi connectivity index (χ2n) is 18.9. The van der Waals surface area contributed by atoms with Crippen LogP contribution in [0, 0.1) is 0 Å². The molecule has 0 rings (SSSR count). The molecule has 0 radical (unpaired) electrons. The summed E-state index contributed by atoms with van der Waals surface area (Å²) in [4.78, 5) is 22.8. The van der Waals surface area contributed by atoms with Crippen LogP contribution in [0.2, 0.25) is 0 Å². The summed E-state index contributed by atoms with van der Waals surface area (Å²) in [6, 6.07) is 0. The summed E-state index contributed by atoms with van der Waals surface area (Å²) in [5.74, 6) is -0.390. The number of ether oxygens (including phenoxy) is 2. The Labute approximate surface area is 419 Å². The molecular weight excluding hydrogens is 872 g/mol. The number of phosphoric acid groups is 1. The van der Waals surface area contributed by atoms with Crippen LogP contribution < -0.4 is 0 Å². The largest absolute Gasteiger partial charge is 0.472 e. The zero-order chi connectivity index (χ0) is 49.5. The van der Waals surface area contributed by atoms with E-state index in [0.29, 0.717) is 13.0 Å². The van der Waals surface area contributed by atoms with Crippen molar-refractivity contribution in [2.45, 2.75) is 270 Å². The molecule has 398 valence electrons. The van der Waals surface area contributed by atoms with Gasteiger partial charge in [-0.15, -0.1) is 0 Å². The second-order valence-corrected chi connectivity index (χ2v) is 20.4. The summed E-state index contributed by atoms with van der Waals surface area (Å²) in [7, 11) is -4.53. The SMILES string of the molecule is CC/C=C\C/C=C\C/C=C\C/C=C\C/C=C\CCCCCCCCCC(=O)OC(COCCCCCCCCCCCCCCCCCCCCCCCCCC)COP(=O)(O)OCC(O)CO. The van der Waals surface area contributed by atoms with E-state index in [2.05, 4.69) is 74.6 Å². The van der Waals surface area contributed by atoms with Crippen LogP contribution >= 0.6 is 7.82 Å². The minimum Gasteiger partial charge on any atom is -0.457 e. The number of hydrogen-bond acceptors (Lipinski definition) is 8. The molecule has 0 saturated carbocycles. The molecule has 3 atom stereocenters. The number of esters is 1. The lowest BCUT2D eigenvalue weighted by Crippen LogP contribution is -2.29. The first-order chi connectivity index (χ1) is 33.3. The fourth-order valence-electron chi connectivity index (χ4n) is 7.97. The van der Waals surface area contributed by atoms with Crippen LogP contribution in [0.3, 0.4) is 0 Å². The topological polar surface area (TPSA) is 132 Å². The van der Waals surface area contributed by atoms with E-state index >= 15 is 0 Å². The third-order valence-corrected chi connectivity index (χ3v) is 13.2. The summed E-state index contributed by atoms with van der Waals surface area (Å²) >= 11 is 0. The van der Waals surface area contributed by atoms with Gasteiger partial charge in [-0.25, -0.2) is 4.57 Å². The summed E-state index contributed by atoms with van der Waals surface area (Å²) < 4.78 is 33.6. The Morgan fingerprint density at radius 1 is 0.471 bits per heavy atom. The molecule has 0 spiro atoms. The Balaban J connectivity index is 4.03. The lowest BCUT2D eigenvalue weighted by molar-refractivity contribution is -0.154. The molecule has 0 aliphatic heterocycles. The highest BCUT2D eigenvalue weighted by Gasteiger charge is 2.26. The Kier molecular flexibility index (Phi) is 53.0. The summed E-state index contributed by atoms with van der Waals surface area (Å²) in [6.07, 6.45) is 66.3. The predicted octanol–water partition coefficient (Wildman–Crippen LogP) is 17.0. The Morgan fingerprint density at radius 3 is 1.26 bits per heavy atom. The highest BCUT2D eigenvalue weighted by molar-refractivity contribution is 7.47. The van der Waals surface area contributed by atoms with E-state index in [1.165, 1.54) is 161 Å². The molecule has 10 heteroatoms. The number of phosphoric ester groups is 1. The first-order valence-corrected chi connectivity index (χ1v) is 29.8. The fraction of sp³-hybridized carbons (Fsp3) is 0.810. The normalized spacial score (nSPS) is 14.1. The molecule has 0 aromatic heterocycles. The summed E-state index contributed by atoms with van der Waals surface area (Å²) in [6.45, 7) is 3.44. The van der Waals surface area contributed by atoms with Gasteiger partial charge in [-0.05, 0) is 57.8 Å². The van der Waals surface area contributed by atoms with Crippen molar-refractivity contribution in [2.75, 3.05) is 33.0 Å². The van der Waals surface area contributed by atoms with Gasteiger partial charge in [0.05, 0.1) is 26.4 Å². The van der Waals surface area contributed by atoms with E-state index in [4.69, 9.17) is 23.6 Å². The monoisotopic (exact) mass is 979 g/mol. The molecule has 3 N–H and O–H groups in total. The Morgan fingerprint density at radius 2 is 0.838 bits per heavy atom. The summed E-state index contributed by atoms with van der Waals surface area (Å²) in [5, 5.41) is 18.5. The van der Waals surface area contributed by atoms with Crippen LogP contribution in [0.1, 0.15) is 258 Å². The first-order valence-electron chi connectivity index (χ1n) is 28.3. The van der Waals surface area contributed by atoms with Crippen LogP contribution in [0.5, 0.6) is 0 Å². The van der Waals surface area contributed by atoms with Crippen LogP contribution in [0.4, 0.5) is 0 Å². The highest BCUT2D eigenvalue weighted by atomic mass is 31.2. The molecule has 0 aliphatic rings. The van der Waals surface area contributed by atoms with E-state index in [9.17, 15) is 19.4 Å². The van der Waals surface area contributed by atoms with Gasteiger partial charge in [0.25, 0.3) is 0 Å². The lowest BCUT2D eigenvalue weighted by atomic mass is 10.0. The van der Waals surface area contributed by atoms with Crippen molar-refractivity contribution in [1.29, 1.82) is 0 Å². The Hall–Kier alpha value is -1.84. The van der Waals surface area contributed by atoms with E-state index in [-0.39, 0.29) is 19.6 Å². The minimum atomic E-state index is -4.53. The number of carbonyl (C=O) groups excluding carboxylic acids is 1. The molecule has 0 aliphatic carbocycles. The van der Waals surface area contributed by atoms with Gasteiger partial charge in [0, 0.05) is 13.0 Å². The maximum atomic E-state index is 12.7. The van der Waals surface area contributed by atoms with E-state index in [0.717, 1.165) is 70.6 Å². The summed E-state index contributed by atoms with van der Waals surface area (Å²) in [5.41, 5.74) is 0. The van der Waals surface area contributed by atoms with Crippen molar-refractivity contribution in [3.05, 3.63) is 60.8 Å². The number of aliphatic hydroxyl groups excluding tert-OH is 2. The van der Waals surface area contributed by atoms with Gasteiger partial charge in [0.1, 0.15) is 12.2 Å². The van der Waals surface area contributed by atoms with Crippen LogP contribution in [-0.4, -0.2) is 66.3 Å². The molecule has 0 amide bonds. The van der Waals surface area contributed by atoms with Crippen LogP contribution in [-0.2, 0) is 27.9 Å². The minimum absolute atomic E-state index is 0.0456. The smallest absolute Gasteiger partial charge is 0.457 e. The molecule has 0 saturated heterocycles. The second kappa shape index (κ2) is 54.5.